The molecular weight excluding hydrogens is 244 g/mol. The summed E-state index contributed by atoms with van der Waals surface area (Å²) in [6.07, 6.45) is 5.18. The Labute approximate surface area is 124 Å². The van der Waals surface area contributed by atoms with Crippen LogP contribution in [0.3, 0.4) is 0 Å². The van der Waals surface area contributed by atoms with E-state index in [9.17, 15) is 0 Å². The van der Waals surface area contributed by atoms with Crippen LogP contribution in [0.2, 0.25) is 0 Å². The smallest absolute Gasteiger partial charge is 0.0195 e. The van der Waals surface area contributed by atoms with Crippen LogP contribution in [0.25, 0.3) is 0 Å². The molecule has 20 heavy (non-hydrogen) atoms. The third kappa shape index (κ3) is 5.64. The quantitative estimate of drug-likeness (QED) is 0.782. The lowest BCUT2D eigenvalue weighted by Crippen LogP contribution is -2.39. The first-order valence-corrected chi connectivity index (χ1v) is 8.23. The van der Waals surface area contributed by atoms with E-state index >= 15 is 0 Å². The highest BCUT2D eigenvalue weighted by molar-refractivity contribution is 5.14. The van der Waals surface area contributed by atoms with Crippen LogP contribution in [0.4, 0.5) is 0 Å². The Hall–Kier alpha value is -0.860. The van der Waals surface area contributed by atoms with Gasteiger partial charge in [0.05, 0.1) is 0 Å². The lowest BCUT2D eigenvalue weighted by atomic mass is 10.1. The van der Waals surface area contributed by atoms with Crippen molar-refractivity contribution >= 4 is 0 Å². The normalized spacial score (nSPS) is 19.1. The highest BCUT2D eigenvalue weighted by Gasteiger charge is 2.18. The van der Waals surface area contributed by atoms with Crippen molar-refractivity contribution in [2.24, 2.45) is 5.92 Å². The van der Waals surface area contributed by atoms with Gasteiger partial charge in [-0.15, -0.1) is 0 Å². The molecule has 0 saturated carbocycles. The molecule has 0 aromatic heterocycles. The molecule has 2 rings (SSSR count). The summed E-state index contributed by atoms with van der Waals surface area (Å²) in [4.78, 5) is 2.66. The predicted octanol–water partition coefficient (Wildman–Crippen LogP) is 3.33. The summed E-state index contributed by atoms with van der Waals surface area (Å²) in [7, 11) is 0. The summed E-state index contributed by atoms with van der Waals surface area (Å²) in [5, 5.41) is 3.63. The molecule has 1 atom stereocenters. The van der Waals surface area contributed by atoms with Crippen molar-refractivity contribution in [3.8, 4) is 0 Å². The molecule has 2 nitrogen and oxygen atoms in total. The summed E-state index contributed by atoms with van der Waals surface area (Å²) < 4.78 is 0. The molecule has 1 fully saturated rings. The Balaban J connectivity index is 1.74. The standard InChI is InChI=1S/C18H30N2/c1-16(2)14-20(15-18-11-6-12-19-18)13-7-10-17-8-4-3-5-9-17/h3-5,8-9,16,18-19H,6-7,10-15H2,1-2H3. The lowest BCUT2D eigenvalue weighted by Gasteiger charge is -2.27. The predicted molar refractivity (Wildman–Crippen MR) is 87.1 cm³/mol. The molecule has 1 saturated heterocycles. The first-order chi connectivity index (χ1) is 9.74. The number of nitrogens with one attached hydrogen (secondary N) is 1. The van der Waals surface area contributed by atoms with Crippen molar-refractivity contribution in [1.82, 2.24) is 10.2 Å². The van der Waals surface area contributed by atoms with Crippen molar-refractivity contribution in [1.29, 1.82) is 0 Å². The maximum atomic E-state index is 3.63. The van der Waals surface area contributed by atoms with Crippen molar-refractivity contribution < 1.29 is 0 Å². The number of hydrogen-bond donors (Lipinski definition) is 1. The molecule has 2 heteroatoms. The number of hydrogen-bond acceptors (Lipinski definition) is 2. The van der Waals surface area contributed by atoms with E-state index in [2.05, 4.69) is 54.4 Å². The van der Waals surface area contributed by atoms with Crippen LogP contribution in [0.1, 0.15) is 38.7 Å². The molecule has 0 aliphatic carbocycles. The Morgan fingerprint density at radius 2 is 2.05 bits per heavy atom. The Kier molecular flexibility index (Phi) is 6.55. The highest BCUT2D eigenvalue weighted by Crippen LogP contribution is 2.10. The van der Waals surface area contributed by atoms with Gasteiger partial charge < -0.3 is 10.2 Å². The van der Waals surface area contributed by atoms with Gasteiger partial charge in [-0.25, -0.2) is 0 Å². The number of aryl methyl sites for hydroxylation is 1. The zero-order chi connectivity index (χ0) is 14.2. The molecule has 0 bridgehead atoms. The van der Waals surface area contributed by atoms with Gasteiger partial charge in [-0.05, 0) is 50.3 Å². The minimum Gasteiger partial charge on any atom is -0.313 e. The number of nitrogens with zero attached hydrogens (tertiary/aromatic N) is 1. The molecule has 0 radical (unpaired) electrons. The minimum atomic E-state index is 0.727. The molecular formula is C18H30N2. The lowest BCUT2D eigenvalue weighted by molar-refractivity contribution is 0.222. The van der Waals surface area contributed by atoms with Crippen molar-refractivity contribution in [2.75, 3.05) is 26.2 Å². The largest absolute Gasteiger partial charge is 0.313 e. The Morgan fingerprint density at radius 1 is 1.25 bits per heavy atom. The zero-order valence-electron chi connectivity index (χ0n) is 13.1. The SMILES string of the molecule is CC(C)CN(CCCc1ccccc1)CC1CCCN1. The van der Waals surface area contributed by atoms with E-state index in [1.54, 1.807) is 0 Å². The van der Waals surface area contributed by atoms with Gasteiger partial charge in [-0.1, -0.05) is 44.2 Å². The van der Waals surface area contributed by atoms with Crippen LogP contribution in [0.15, 0.2) is 30.3 Å². The maximum absolute atomic E-state index is 3.63. The minimum absolute atomic E-state index is 0.727. The fraction of sp³-hybridized carbons (Fsp3) is 0.667. The topological polar surface area (TPSA) is 15.3 Å². The summed E-state index contributed by atoms with van der Waals surface area (Å²) in [5.74, 6) is 0.758. The van der Waals surface area contributed by atoms with E-state index in [1.165, 1.54) is 57.4 Å². The first-order valence-electron chi connectivity index (χ1n) is 8.23. The summed E-state index contributed by atoms with van der Waals surface area (Å²) >= 11 is 0. The summed E-state index contributed by atoms with van der Waals surface area (Å²) in [6.45, 7) is 9.55. The maximum Gasteiger partial charge on any atom is 0.0195 e. The molecule has 1 N–H and O–H groups in total. The molecule has 1 aliphatic rings. The van der Waals surface area contributed by atoms with Crippen LogP contribution < -0.4 is 5.32 Å². The molecule has 1 aliphatic heterocycles. The Morgan fingerprint density at radius 3 is 2.70 bits per heavy atom. The van der Waals surface area contributed by atoms with Gasteiger partial charge in [0.15, 0.2) is 0 Å². The van der Waals surface area contributed by atoms with Gasteiger partial charge in [0, 0.05) is 19.1 Å². The third-order valence-electron chi connectivity index (χ3n) is 4.05. The average molecular weight is 274 g/mol. The van der Waals surface area contributed by atoms with Crippen molar-refractivity contribution in [2.45, 2.75) is 45.6 Å². The molecule has 0 spiro atoms. The van der Waals surface area contributed by atoms with Gasteiger partial charge in [0.2, 0.25) is 0 Å². The second kappa shape index (κ2) is 8.43. The van der Waals surface area contributed by atoms with Crippen LogP contribution in [0.5, 0.6) is 0 Å². The van der Waals surface area contributed by atoms with Crippen LogP contribution in [-0.4, -0.2) is 37.1 Å². The molecule has 1 aromatic carbocycles. The molecule has 1 heterocycles. The van der Waals surface area contributed by atoms with E-state index < -0.39 is 0 Å². The van der Waals surface area contributed by atoms with Gasteiger partial charge in [-0.3, -0.25) is 0 Å². The monoisotopic (exact) mass is 274 g/mol. The molecule has 0 amide bonds. The summed E-state index contributed by atoms with van der Waals surface area (Å²) in [5.41, 5.74) is 1.47. The number of rotatable bonds is 8. The van der Waals surface area contributed by atoms with Gasteiger partial charge >= 0.3 is 0 Å². The van der Waals surface area contributed by atoms with Crippen LogP contribution in [-0.2, 0) is 6.42 Å². The van der Waals surface area contributed by atoms with Crippen LogP contribution in [0, 0.1) is 5.92 Å². The summed E-state index contributed by atoms with van der Waals surface area (Å²) in [6, 6.07) is 11.6. The molecule has 1 aromatic rings. The number of benzene rings is 1. The second-order valence-corrected chi connectivity index (χ2v) is 6.54. The Bertz CT molecular complexity index is 355. The van der Waals surface area contributed by atoms with Gasteiger partial charge in [-0.2, -0.15) is 0 Å². The first kappa shape index (κ1) is 15.5. The van der Waals surface area contributed by atoms with E-state index in [-0.39, 0.29) is 0 Å². The third-order valence-corrected chi connectivity index (χ3v) is 4.05. The molecule has 1 unspecified atom stereocenters. The van der Waals surface area contributed by atoms with E-state index in [1.807, 2.05) is 0 Å². The fourth-order valence-electron chi connectivity index (χ4n) is 3.15. The van der Waals surface area contributed by atoms with E-state index in [0.717, 1.165) is 12.0 Å². The van der Waals surface area contributed by atoms with Gasteiger partial charge in [0.25, 0.3) is 0 Å². The fourth-order valence-corrected chi connectivity index (χ4v) is 3.15. The van der Waals surface area contributed by atoms with Crippen molar-refractivity contribution in [3.63, 3.8) is 0 Å². The van der Waals surface area contributed by atoms with E-state index in [4.69, 9.17) is 0 Å². The second-order valence-electron chi connectivity index (χ2n) is 6.54. The van der Waals surface area contributed by atoms with E-state index in [0.29, 0.717) is 0 Å². The highest BCUT2D eigenvalue weighted by atomic mass is 15.2. The zero-order valence-corrected chi connectivity index (χ0v) is 13.1. The van der Waals surface area contributed by atoms with Crippen LogP contribution >= 0.6 is 0 Å². The average Bonchev–Trinajstić information content (AvgIpc) is 2.92. The van der Waals surface area contributed by atoms with Crippen molar-refractivity contribution in [3.05, 3.63) is 35.9 Å². The molecule has 112 valence electrons. The van der Waals surface area contributed by atoms with Gasteiger partial charge in [0.1, 0.15) is 0 Å².